The van der Waals surface area contributed by atoms with Crippen molar-refractivity contribution in [3.05, 3.63) is 0 Å². The van der Waals surface area contributed by atoms with Crippen molar-refractivity contribution in [3.8, 4) is 0 Å². The maximum absolute atomic E-state index is 12.3. The lowest BCUT2D eigenvalue weighted by Gasteiger charge is -2.40. The van der Waals surface area contributed by atoms with Crippen molar-refractivity contribution in [2.45, 2.75) is 58.1 Å². The molecule has 114 valence electrons. The number of amides is 1. The summed E-state index contributed by atoms with van der Waals surface area (Å²) in [5, 5.41) is 9.33. The van der Waals surface area contributed by atoms with Gasteiger partial charge in [-0.15, -0.1) is 0 Å². The van der Waals surface area contributed by atoms with Crippen LogP contribution >= 0.6 is 0 Å². The molecular formula is C15H25NO4. The Labute approximate surface area is 120 Å². The van der Waals surface area contributed by atoms with Gasteiger partial charge in [-0.25, -0.2) is 4.79 Å². The third-order valence-corrected chi connectivity index (χ3v) is 4.56. The third kappa shape index (κ3) is 3.32. The monoisotopic (exact) mass is 283 g/mol. The number of carbonyl (C=O) groups is 2. The molecule has 1 heterocycles. The first-order valence-electron chi connectivity index (χ1n) is 7.66. The Morgan fingerprint density at radius 3 is 2.65 bits per heavy atom. The highest BCUT2D eigenvalue weighted by molar-refractivity contribution is 5.84. The van der Waals surface area contributed by atoms with Crippen LogP contribution in [0, 0.1) is 11.8 Å². The summed E-state index contributed by atoms with van der Waals surface area (Å²) in [5.41, 5.74) is 0. The lowest BCUT2D eigenvalue weighted by molar-refractivity contribution is -0.156. The minimum Gasteiger partial charge on any atom is -0.480 e. The van der Waals surface area contributed by atoms with Gasteiger partial charge in [-0.2, -0.15) is 0 Å². The van der Waals surface area contributed by atoms with Crippen LogP contribution in [0.1, 0.15) is 46.0 Å². The number of likely N-dealkylation sites (tertiary alicyclic amines) is 1. The average molecular weight is 283 g/mol. The van der Waals surface area contributed by atoms with Crippen molar-refractivity contribution < 1.29 is 19.4 Å². The second-order valence-corrected chi connectivity index (χ2v) is 6.11. The van der Waals surface area contributed by atoms with Crippen LogP contribution in [-0.4, -0.2) is 47.2 Å². The Morgan fingerprint density at radius 2 is 2.05 bits per heavy atom. The Kier molecular flexibility index (Phi) is 5.02. The van der Waals surface area contributed by atoms with Crippen molar-refractivity contribution in [3.63, 3.8) is 0 Å². The fourth-order valence-electron chi connectivity index (χ4n) is 3.42. The van der Waals surface area contributed by atoms with Crippen LogP contribution in [-0.2, 0) is 14.3 Å². The molecule has 0 bridgehead atoms. The number of rotatable bonds is 5. The molecule has 2 rings (SSSR count). The molecule has 0 radical (unpaired) electrons. The van der Waals surface area contributed by atoms with Gasteiger partial charge in [0.2, 0.25) is 5.91 Å². The number of aliphatic carboxylic acids is 1. The smallest absolute Gasteiger partial charge is 0.326 e. The molecule has 0 aromatic heterocycles. The molecule has 1 saturated carbocycles. The quantitative estimate of drug-likeness (QED) is 0.837. The predicted octanol–water partition coefficient (Wildman–Crippen LogP) is 1.90. The summed E-state index contributed by atoms with van der Waals surface area (Å²) in [5.74, 6) is -0.455. The van der Waals surface area contributed by atoms with E-state index in [1.54, 1.807) is 4.90 Å². The number of hydrogen-bond donors (Lipinski definition) is 1. The van der Waals surface area contributed by atoms with Crippen LogP contribution in [0.15, 0.2) is 0 Å². The van der Waals surface area contributed by atoms with Gasteiger partial charge in [-0.05, 0) is 44.4 Å². The van der Waals surface area contributed by atoms with E-state index in [9.17, 15) is 14.7 Å². The zero-order valence-corrected chi connectivity index (χ0v) is 12.4. The minimum absolute atomic E-state index is 0.00361. The van der Waals surface area contributed by atoms with E-state index in [0.717, 1.165) is 32.3 Å². The van der Waals surface area contributed by atoms with Gasteiger partial charge in [0.05, 0.1) is 6.10 Å². The van der Waals surface area contributed by atoms with Crippen LogP contribution in [0.2, 0.25) is 0 Å². The van der Waals surface area contributed by atoms with Crippen LogP contribution in [0.5, 0.6) is 0 Å². The molecule has 0 spiro atoms. The van der Waals surface area contributed by atoms with Crippen molar-refractivity contribution in [1.29, 1.82) is 0 Å². The third-order valence-electron chi connectivity index (χ3n) is 4.56. The van der Waals surface area contributed by atoms with Crippen molar-refractivity contribution in [1.82, 2.24) is 4.90 Å². The summed E-state index contributed by atoms with van der Waals surface area (Å²) < 4.78 is 5.49. The van der Waals surface area contributed by atoms with E-state index < -0.39 is 12.0 Å². The molecule has 0 aromatic rings. The summed E-state index contributed by atoms with van der Waals surface area (Å²) in [6.45, 7) is 5.20. The number of carboxylic acids is 1. The Balaban J connectivity index is 1.86. The number of ether oxygens (including phenoxy) is 1. The second kappa shape index (κ2) is 6.57. The molecule has 1 amide bonds. The molecule has 2 atom stereocenters. The van der Waals surface area contributed by atoms with E-state index in [0.29, 0.717) is 25.0 Å². The fraction of sp³-hybridized carbons (Fsp3) is 0.867. The molecule has 5 heteroatoms. The van der Waals surface area contributed by atoms with E-state index in [1.807, 2.05) is 13.8 Å². The van der Waals surface area contributed by atoms with Gasteiger partial charge in [-0.1, -0.05) is 6.92 Å². The van der Waals surface area contributed by atoms with Crippen molar-refractivity contribution in [2.75, 3.05) is 13.2 Å². The minimum atomic E-state index is -0.869. The first-order valence-corrected chi connectivity index (χ1v) is 7.66. The Morgan fingerprint density at radius 1 is 1.35 bits per heavy atom. The number of hydrogen-bond acceptors (Lipinski definition) is 3. The number of piperidine rings is 1. The molecule has 1 N–H and O–H groups in total. The lowest BCUT2D eigenvalue weighted by Crippen LogP contribution is -2.52. The first-order chi connectivity index (χ1) is 9.52. The molecule has 2 unspecified atom stereocenters. The molecular weight excluding hydrogens is 258 g/mol. The van der Waals surface area contributed by atoms with Crippen LogP contribution < -0.4 is 0 Å². The SMILES string of the molecule is CCOC1CC(CC(=O)N2CCCC(C)C2C(=O)O)C1. The molecule has 2 aliphatic rings. The zero-order chi connectivity index (χ0) is 14.7. The van der Waals surface area contributed by atoms with Crippen molar-refractivity contribution in [2.24, 2.45) is 11.8 Å². The summed E-state index contributed by atoms with van der Waals surface area (Å²) in [6, 6.07) is -0.640. The Bertz CT molecular complexity index is 365. The standard InChI is InChI=1S/C15H25NO4/c1-3-20-12-7-11(8-12)9-13(17)16-6-4-5-10(2)14(16)15(18)19/h10-12,14H,3-9H2,1-2H3,(H,18,19). The number of carbonyl (C=O) groups excluding carboxylic acids is 1. The van der Waals surface area contributed by atoms with Gasteiger partial charge in [0.15, 0.2) is 0 Å². The maximum Gasteiger partial charge on any atom is 0.326 e. The van der Waals surface area contributed by atoms with E-state index in [-0.39, 0.29) is 11.8 Å². The summed E-state index contributed by atoms with van der Waals surface area (Å²) >= 11 is 0. The number of nitrogens with zero attached hydrogens (tertiary/aromatic N) is 1. The summed E-state index contributed by atoms with van der Waals surface area (Å²) in [7, 11) is 0. The zero-order valence-electron chi connectivity index (χ0n) is 12.4. The molecule has 1 aliphatic carbocycles. The lowest BCUT2D eigenvalue weighted by atomic mass is 9.79. The van der Waals surface area contributed by atoms with Gasteiger partial charge >= 0.3 is 5.97 Å². The fourth-order valence-corrected chi connectivity index (χ4v) is 3.42. The molecule has 0 aromatic carbocycles. The van der Waals surface area contributed by atoms with E-state index in [1.165, 1.54) is 0 Å². The van der Waals surface area contributed by atoms with Gasteiger partial charge < -0.3 is 14.7 Å². The van der Waals surface area contributed by atoms with Gasteiger partial charge in [0, 0.05) is 19.6 Å². The van der Waals surface area contributed by atoms with Gasteiger partial charge in [0.25, 0.3) is 0 Å². The Hall–Kier alpha value is -1.10. The summed E-state index contributed by atoms with van der Waals surface area (Å²) in [6.07, 6.45) is 4.43. The van der Waals surface area contributed by atoms with Crippen LogP contribution in [0.25, 0.3) is 0 Å². The first kappa shape index (κ1) is 15.3. The van der Waals surface area contributed by atoms with Crippen LogP contribution in [0.4, 0.5) is 0 Å². The molecule has 20 heavy (non-hydrogen) atoms. The molecule has 2 fully saturated rings. The topological polar surface area (TPSA) is 66.8 Å². The number of carboxylic acid groups (broad SMARTS) is 1. The second-order valence-electron chi connectivity index (χ2n) is 6.11. The maximum atomic E-state index is 12.3. The van der Waals surface area contributed by atoms with Crippen molar-refractivity contribution >= 4 is 11.9 Å². The molecule has 1 saturated heterocycles. The predicted molar refractivity (Wildman–Crippen MR) is 74.3 cm³/mol. The molecule has 1 aliphatic heterocycles. The highest BCUT2D eigenvalue weighted by Crippen LogP contribution is 2.34. The van der Waals surface area contributed by atoms with Gasteiger partial charge in [0.1, 0.15) is 6.04 Å². The molecule has 5 nitrogen and oxygen atoms in total. The highest BCUT2D eigenvalue weighted by Gasteiger charge is 2.39. The highest BCUT2D eigenvalue weighted by atomic mass is 16.5. The normalized spacial score (nSPS) is 33.6. The van der Waals surface area contributed by atoms with E-state index in [2.05, 4.69) is 0 Å². The van der Waals surface area contributed by atoms with E-state index in [4.69, 9.17) is 4.74 Å². The summed E-state index contributed by atoms with van der Waals surface area (Å²) in [4.78, 5) is 25.3. The van der Waals surface area contributed by atoms with Crippen LogP contribution in [0.3, 0.4) is 0 Å². The largest absolute Gasteiger partial charge is 0.480 e. The average Bonchev–Trinajstić information content (AvgIpc) is 2.35. The van der Waals surface area contributed by atoms with E-state index >= 15 is 0 Å². The van der Waals surface area contributed by atoms with Gasteiger partial charge in [-0.3, -0.25) is 4.79 Å².